The molecule has 0 aliphatic carbocycles. The van der Waals surface area contributed by atoms with Gasteiger partial charge in [0.15, 0.2) is 0 Å². The molecule has 76 heavy (non-hydrogen) atoms. The molecule has 2 fully saturated rings. The second-order valence-corrected chi connectivity index (χ2v) is 21.9. The zero-order chi connectivity index (χ0) is 55.4. The lowest BCUT2D eigenvalue weighted by Gasteiger charge is -2.29. The van der Waals surface area contributed by atoms with Crippen molar-refractivity contribution in [1.82, 2.24) is 9.80 Å². The summed E-state index contributed by atoms with van der Waals surface area (Å²) in [6, 6.07) is 0. The van der Waals surface area contributed by atoms with Crippen LogP contribution in [0.5, 0.6) is 0 Å². The molecule has 2 heterocycles. The van der Waals surface area contributed by atoms with Gasteiger partial charge in [-0.1, -0.05) is 156 Å². The normalized spacial score (nSPS) is 16.0. The third kappa shape index (κ3) is 35.6. The fourth-order valence-electron chi connectivity index (χ4n) is 9.81. The molecule has 0 aromatic heterocycles. The number of hydrogen-bond donors (Lipinski definition) is 1. The van der Waals surface area contributed by atoms with E-state index >= 15 is 0 Å². The van der Waals surface area contributed by atoms with Crippen LogP contribution in [0.15, 0.2) is 0 Å². The van der Waals surface area contributed by atoms with Gasteiger partial charge in [-0.3, -0.25) is 28.8 Å². The number of aliphatic hydroxyl groups excluding tert-OH is 1. The van der Waals surface area contributed by atoms with E-state index in [-0.39, 0.29) is 127 Å². The smallest absolute Gasteiger partial charge is 0.409 e. The number of likely N-dealkylation sites (tertiary alicyclic amines) is 2. The Balaban J connectivity index is 2.19. The van der Waals surface area contributed by atoms with Gasteiger partial charge in [0, 0.05) is 82.5 Å². The fourth-order valence-corrected chi connectivity index (χ4v) is 9.81. The van der Waals surface area contributed by atoms with Crippen LogP contribution in [-0.4, -0.2) is 135 Å². The summed E-state index contributed by atoms with van der Waals surface area (Å²) in [5.74, 6) is -4.28. The number of rotatable bonds is 47. The molecule has 0 unspecified atom stereocenters. The lowest BCUT2D eigenvalue weighted by molar-refractivity contribution is -0.158. The first kappa shape index (κ1) is 68.3. The molecule has 0 spiro atoms. The SMILES string of the molecule is CCCCCCCCC(=O)OCC(COC(=O)CCCCCCCC)CC(=O)C[C@H]1CN(C(=O)OCCCN2CCC(O)CC2)C[C@H]1OC(=O)CC(COC(=O)CCCCCCCC)COC(=O)CCCCCCCC. The van der Waals surface area contributed by atoms with E-state index < -0.39 is 35.9 Å². The van der Waals surface area contributed by atoms with Gasteiger partial charge in [0.1, 0.15) is 11.9 Å². The highest BCUT2D eigenvalue weighted by molar-refractivity contribution is 5.80. The van der Waals surface area contributed by atoms with Gasteiger partial charge in [0.25, 0.3) is 0 Å². The first-order valence-electron chi connectivity index (χ1n) is 30.5. The molecule has 16 heteroatoms. The minimum Gasteiger partial charge on any atom is -0.465 e. The summed E-state index contributed by atoms with van der Waals surface area (Å²) >= 11 is 0. The van der Waals surface area contributed by atoms with Crippen LogP contribution in [0.3, 0.4) is 0 Å². The summed E-state index contributed by atoms with van der Waals surface area (Å²) in [6.07, 6.45) is 25.2. The number of Topliss-reactive ketones (excluding diaryl/α,β-unsaturated/α-hetero) is 1. The van der Waals surface area contributed by atoms with Gasteiger partial charge in [0.05, 0.1) is 52.1 Å². The topological polar surface area (TPSA) is 202 Å². The average Bonchev–Trinajstić information content (AvgIpc) is 3.79. The van der Waals surface area contributed by atoms with Crippen LogP contribution in [0.4, 0.5) is 4.79 Å². The number of carbonyl (C=O) groups is 7. The van der Waals surface area contributed by atoms with Gasteiger partial charge in [-0.05, 0) is 44.9 Å². The van der Waals surface area contributed by atoms with Crippen molar-refractivity contribution >= 4 is 41.7 Å². The van der Waals surface area contributed by atoms with Crippen LogP contribution >= 0.6 is 0 Å². The van der Waals surface area contributed by atoms with Gasteiger partial charge in [0.2, 0.25) is 0 Å². The van der Waals surface area contributed by atoms with Gasteiger partial charge in [-0.25, -0.2) is 4.79 Å². The maximum absolute atomic E-state index is 14.1. The summed E-state index contributed by atoms with van der Waals surface area (Å²) < 4.78 is 34.4. The molecule has 0 saturated carbocycles. The first-order valence-corrected chi connectivity index (χ1v) is 30.5. The van der Waals surface area contributed by atoms with Crippen LogP contribution < -0.4 is 0 Å². The number of esters is 5. The lowest BCUT2D eigenvalue weighted by Crippen LogP contribution is -2.37. The van der Waals surface area contributed by atoms with Crippen LogP contribution in [-0.2, 0) is 57.2 Å². The number of ether oxygens (including phenoxy) is 6. The predicted molar refractivity (Wildman–Crippen MR) is 294 cm³/mol. The average molecular weight is 1080 g/mol. The van der Waals surface area contributed by atoms with E-state index in [9.17, 15) is 38.7 Å². The molecule has 2 aliphatic heterocycles. The molecule has 440 valence electrons. The monoisotopic (exact) mass is 1080 g/mol. The Morgan fingerprint density at radius 3 is 1.25 bits per heavy atom. The maximum atomic E-state index is 14.1. The third-order valence-corrected chi connectivity index (χ3v) is 14.6. The minimum absolute atomic E-state index is 0.0206. The summed E-state index contributed by atoms with van der Waals surface area (Å²) in [7, 11) is 0. The van der Waals surface area contributed by atoms with E-state index in [2.05, 4.69) is 32.6 Å². The largest absolute Gasteiger partial charge is 0.465 e. The van der Waals surface area contributed by atoms with Gasteiger partial charge >= 0.3 is 35.9 Å². The standard InChI is InChI=1S/C60H106N2O14/c1-5-9-13-17-21-25-30-55(65)72-45-49(46-73-56(66)31-26-22-18-14-10-6-2)40-53(64)42-51-43-62(60(70)71-39-29-36-61-37-34-52(63)35-38-61)44-54(51)76-59(69)41-50(47-74-57(67)32-27-23-19-15-11-7-3)48-75-58(68)33-28-24-20-16-12-8-4/h49-52,54,63H,5-48H2,1-4H3/t51-,54+/m0/s1. The van der Waals surface area contributed by atoms with Crippen LogP contribution in [0.2, 0.25) is 0 Å². The first-order chi connectivity index (χ1) is 36.9. The summed E-state index contributed by atoms with van der Waals surface area (Å²) in [5, 5.41) is 9.89. The van der Waals surface area contributed by atoms with Crippen molar-refractivity contribution in [2.45, 2.75) is 258 Å². The molecule has 1 N–H and O–H groups in total. The highest BCUT2D eigenvalue weighted by Crippen LogP contribution is 2.27. The molecular formula is C60H106N2O14. The number of nitrogens with zero attached hydrogens (tertiary/aromatic N) is 2. The highest BCUT2D eigenvalue weighted by Gasteiger charge is 2.40. The van der Waals surface area contributed by atoms with Crippen molar-refractivity contribution in [1.29, 1.82) is 0 Å². The van der Waals surface area contributed by atoms with Gasteiger partial charge in [-0.15, -0.1) is 0 Å². The van der Waals surface area contributed by atoms with Crippen molar-refractivity contribution in [3.8, 4) is 0 Å². The number of amides is 1. The van der Waals surface area contributed by atoms with Gasteiger partial charge in [-0.2, -0.15) is 0 Å². The highest BCUT2D eigenvalue weighted by atomic mass is 16.6. The van der Waals surface area contributed by atoms with E-state index in [1.165, 1.54) is 4.90 Å². The van der Waals surface area contributed by atoms with E-state index in [1.807, 2.05) is 0 Å². The fraction of sp³-hybridized carbons (Fsp3) is 0.883. The Kier molecular flexibility index (Phi) is 40.6. The van der Waals surface area contributed by atoms with Crippen molar-refractivity contribution < 1.29 is 67.1 Å². The third-order valence-electron chi connectivity index (χ3n) is 14.6. The zero-order valence-corrected chi connectivity index (χ0v) is 48.1. The number of aliphatic hydroxyl groups is 1. The van der Waals surface area contributed by atoms with Gasteiger partial charge < -0.3 is 43.3 Å². The molecule has 0 bridgehead atoms. The number of piperidine rings is 1. The maximum Gasteiger partial charge on any atom is 0.409 e. The number of ketones is 1. The van der Waals surface area contributed by atoms with Crippen molar-refractivity contribution in [2.75, 3.05) is 65.8 Å². The molecule has 2 aliphatic rings. The Labute approximate surface area is 458 Å². The molecule has 2 rings (SSSR count). The lowest BCUT2D eigenvalue weighted by atomic mass is 9.94. The van der Waals surface area contributed by atoms with E-state index in [1.54, 1.807) is 0 Å². The molecular weight excluding hydrogens is 973 g/mol. The second-order valence-electron chi connectivity index (χ2n) is 21.9. The summed E-state index contributed by atoms with van der Waals surface area (Å²) in [5.41, 5.74) is 0. The molecule has 16 nitrogen and oxygen atoms in total. The van der Waals surface area contributed by atoms with E-state index in [4.69, 9.17) is 28.4 Å². The van der Waals surface area contributed by atoms with Crippen LogP contribution in [0.1, 0.15) is 246 Å². The van der Waals surface area contributed by atoms with E-state index in [0.717, 1.165) is 142 Å². The van der Waals surface area contributed by atoms with Crippen molar-refractivity contribution in [3.05, 3.63) is 0 Å². The van der Waals surface area contributed by atoms with Crippen LogP contribution in [0.25, 0.3) is 0 Å². The quantitative estimate of drug-likeness (QED) is 0.0342. The molecule has 0 aromatic carbocycles. The number of carbonyl (C=O) groups excluding carboxylic acids is 7. The Morgan fingerprint density at radius 1 is 0.461 bits per heavy atom. The minimum atomic E-state index is -0.890. The zero-order valence-electron chi connectivity index (χ0n) is 48.1. The Morgan fingerprint density at radius 2 is 0.842 bits per heavy atom. The van der Waals surface area contributed by atoms with Crippen molar-refractivity contribution in [3.63, 3.8) is 0 Å². The summed E-state index contributed by atoms with van der Waals surface area (Å²) in [4.78, 5) is 96.5. The molecule has 0 radical (unpaired) electrons. The Bertz CT molecular complexity index is 1410. The molecule has 0 aromatic rings. The Hall–Kier alpha value is -3.79. The van der Waals surface area contributed by atoms with Crippen molar-refractivity contribution in [2.24, 2.45) is 17.8 Å². The molecule has 1 amide bonds. The van der Waals surface area contributed by atoms with Crippen LogP contribution in [0, 0.1) is 17.8 Å². The number of unbranched alkanes of at least 4 members (excludes halogenated alkanes) is 20. The number of hydrogen-bond acceptors (Lipinski definition) is 15. The second kappa shape index (κ2) is 45.1. The van der Waals surface area contributed by atoms with E-state index in [0.29, 0.717) is 51.5 Å². The molecule has 2 saturated heterocycles. The predicted octanol–water partition coefficient (Wildman–Crippen LogP) is 12.0. The molecule has 2 atom stereocenters. The summed E-state index contributed by atoms with van der Waals surface area (Å²) in [6.45, 7) is 10.6.